The van der Waals surface area contributed by atoms with Crippen molar-refractivity contribution >= 4 is 17.0 Å². The summed E-state index contributed by atoms with van der Waals surface area (Å²) in [7, 11) is 0. The smallest absolute Gasteiger partial charge is 0.259 e. The number of halogens is 1. The predicted octanol–water partition coefficient (Wildman–Crippen LogP) is 3.07. The fourth-order valence-corrected chi connectivity index (χ4v) is 3.49. The van der Waals surface area contributed by atoms with E-state index in [1.807, 2.05) is 0 Å². The number of aromatic nitrogens is 2. The Kier molecular flexibility index (Phi) is 4.85. The first-order chi connectivity index (χ1) is 13.1. The SMILES string of the molecule is Cc1noc2nc(-c3ccc(F)cc3)cc(C(=O)NCCC3CCNC3)c12. The van der Waals surface area contributed by atoms with Crippen LogP contribution in [0.1, 0.15) is 28.9 Å². The lowest BCUT2D eigenvalue weighted by molar-refractivity contribution is 0.0953. The minimum Gasteiger partial charge on any atom is -0.352 e. The van der Waals surface area contributed by atoms with Crippen molar-refractivity contribution in [3.63, 3.8) is 0 Å². The molecule has 1 fully saturated rings. The van der Waals surface area contributed by atoms with E-state index in [1.54, 1.807) is 25.1 Å². The van der Waals surface area contributed by atoms with Crippen molar-refractivity contribution < 1.29 is 13.7 Å². The molecule has 1 atom stereocenters. The van der Waals surface area contributed by atoms with Crippen molar-refractivity contribution in [1.29, 1.82) is 0 Å². The first kappa shape index (κ1) is 17.6. The Morgan fingerprint density at radius 2 is 2.19 bits per heavy atom. The van der Waals surface area contributed by atoms with Gasteiger partial charge in [0.1, 0.15) is 5.82 Å². The van der Waals surface area contributed by atoms with E-state index in [4.69, 9.17) is 4.52 Å². The van der Waals surface area contributed by atoms with Gasteiger partial charge in [-0.05, 0) is 69.1 Å². The zero-order chi connectivity index (χ0) is 18.8. The molecule has 1 aromatic carbocycles. The Hall–Kier alpha value is -2.80. The van der Waals surface area contributed by atoms with E-state index in [9.17, 15) is 9.18 Å². The Morgan fingerprint density at radius 3 is 2.93 bits per heavy atom. The van der Waals surface area contributed by atoms with Gasteiger partial charge in [0.2, 0.25) is 0 Å². The molecular formula is C20H21FN4O2. The molecule has 0 radical (unpaired) electrons. The van der Waals surface area contributed by atoms with Crippen molar-refractivity contribution in [2.24, 2.45) is 5.92 Å². The molecule has 2 N–H and O–H groups in total. The van der Waals surface area contributed by atoms with E-state index >= 15 is 0 Å². The molecule has 0 bridgehead atoms. The number of nitrogens with one attached hydrogen (secondary N) is 2. The molecule has 140 valence electrons. The normalized spacial score (nSPS) is 16.7. The van der Waals surface area contributed by atoms with E-state index < -0.39 is 0 Å². The third-order valence-electron chi connectivity index (χ3n) is 5.00. The van der Waals surface area contributed by atoms with E-state index in [0.717, 1.165) is 25.9 Å². The maximum atomic E-state index is 13.2. The van der Waals surface area contributed by atoms with Gasteiger partial charge in [-0.25, -0.2) is 9.37 Å². The molecule has 0 aliphatic carbocycles. The number of rotatable bonds is 5. The van der Waals surface area contributed by atoms with Gasteiger partial charge < -0.3 is 15.2 Å². The maximum Gasteiger partial charge on any atom is 0.259 e. The summed E-state index contributed by atoms with van der Waals surface area (Å²) >= 11 is 0. The molecule has 3 aromatic rings. The monoisotopic (exact) mass is 368 g/mol. The molecule has 2 aromatic heterocycles. The summed E-state index contributed by atoms with van der Waals surface area (Å²) in [4.78, 5) is 17.3. The topological polar surface area (TPSA) is 80.0 Å². The van der Waals surface area contributed by atoms with E-state index in [1.165, 1.54) is 12.1 Å². The van der Waals surface area contributed by atoms with Gasteiger partial charge in [0.05, 0.1) is 22.3 Å². The van der Waals surface area contributed by atoms with Crippen LogP contribution in [0.4, 0.5) is 4.39 Å². The summed E-state index contributed by atoms with van der Waals surface area (Å²) < 4.78 is 18.5. The molecule has 4 rings (SSSR count). The van der Waals surface area contributed by atoms with E-state index in [-0.39, 0.29) is 11.7 Å². The summed E-state index contributed by atoms with van der Waals surface area (Å²) in [5.41, 5.74) is 2.65. The average Bonchev–Trinajstić information content (AvgIpc) is 3.32. The number of amides is 1. The number of carbonyl (C=O) groups excluding carboxylic acids is 1. The van der Waals surface area contributed by atoms with Crippen LogP contribution in [0.5, 0.6) is 0 Å². The number of fused-ring (bicyclic) bond motifs is 1. The van der Waals surface area contributed by atoms with Gasteiger partial charge in [0.25, 0.3) is 11.6 Å². The number of benzene rings is 1. The first-order valence-electron chi connectivity index (χ1n) is 9.13. The van der Waals surface area contributed by atoms with Gasteiger partial charge >= 0.3 is 0 Å². The van der Waals surface area contributed by atoms with E-state index in [2.05, 4.69) is 20.8 Å². The molecule has 1 aliphatic heterocycles. The highest BCUT2D eigenvalue weighted by Gasteiger charge is 2.20. The fourth-order valence-electron chi connectivity index (χ4n) is 3.49. The molecule has 1 aliphatic rings. The molecule has 0 spiro atoms. The predicted molar refractivity (Wildman–Crippen MR) is 99.9 cm³/mol. The van der Waals surface area contributed by atoms with Gasteiger partial charge in [0.15, 0.2) is 0 Å². The molecule has 1 amide bonds. The number of carbonyl (C=O) groups is 1. The Morgan fingerprint density at radius 1 is 1.37 bits per heavy atom. The largest absolute Gasteiger partial charge is 0.352 e. The number of aryl methyl sites for hydroxylation is 1. The van der Waals surface area contributed by atoms with Crippen molar-refractivity contribution in [2.75, 3.05) is 19.6 Å². The average molecular weight is 368 g/mol. The van der Waals surface area contributed by atoms with Crippen LogP contribution in [0.2, 0.25) is 0 Å². The molecule has 7 heteroatoms. The number of nitrogens with zero attached hydrogens (tertiary/aromatic N) is 2. The minimum absolute atomic E-state index is 0.178. The summed E-state index contributed by atoms with van der Waals surface area (Å²) in [6.07, 6.45) is 2.09. The molecule has 1 unspecified atom stereocenters. The van der Waals surface area contributed by atoms with Gasteiger partial charge in [-0.2, -0.15) is 0 Å². The van der Waals surface area contributed by atoms with Crippen molar-refractivity contribution in [3.8, 4) is 11.3 Å². The summed E-state index contributed by atoms with van der Waals surface area (Å²) in [5, 5.41) is 10.9. The van der Waals surface area contributed by atoms with Crippen LogP contribution in [0.3, 0.4) is 0 Å². The summed E-state index contributed by atoms with van der Waals surface area (Å²) in [6.45, 7) is 4.45. The number of hydrogen-bond acceptors (Lipinski definition) is 5. The second-order valence-corrected chi connectivity index (χ2v) is 6.91. The van der Waals surface area contributed by atoms with Gasteiger partial charge in [-0.3, -0.25) is 4.79 Å². The van der Waals surface area contributed by atoms with Crippen molar-refractivity contribution in [2.45, 2.75) is 19.8 Å². The molecule has 3 heterocycles. The van der Waals surface area contributed by atoms with Crippen LogP contribution < -0.4 is 10.6 Å². The van der Waals surface area contributed by atoms with Gasteiger partial charge in [0, 0.05) is 12.1 Å². The fraction of sp³-hybridized carbons (Fsp3) is 0.350. The molecule has 0 saturated carbocycles. The second-order valence-electron chi connectivity index (χ2n) is 6.91. The van der Waals surface area contributed by atoms with Crippen LogP contribution in [0.15, 0.2) is 34.9 Å². The number of pyridine rings is 1. The highest BCUT2D eigenvalue weighted by atomic mass is 19.1. The number of hydrogen-bond donors (Lipinski definition) is 2. The highest BCUT2D eigenvalue weighted by molar-refractivity contribution is 6.06. The molecule has 27 heavy (non-hydrogen) atoms. The van der Waals surface area contributed by atoms with Crippen molar-refractivity contribution in [1.82, 2.24) is 20.8 Å². The van der Waals surface area contributed by atoms with Crippen LogP contribution in [0.25, 0.3) is 22.4 Å². The zero-order valence-electron chi connectivity index (χ0n) is 15.1. The van der Waals surface area contributed by atoms with Crippen LogP contribution >= 0.6 is 0 Å². The first-order valence-corrected chi connectivity index (χ1v) is 9.13. The quantitative estimate of drug-likeness (QED) is 0.723. The third kappa shape index (κ3) is 3.68. The Bertz CT molecular complexity index is 962. The van der Waals surface area contributed by atoms with Crippen molar-refractivity contribution in [3.05, 3.63) is 47.4 Å². The van der Waals surface area contributed by atoms with Crippen LogP contribution in [0, 0.1) is 18.7 Å². The zero-order valence-corrected chi connectivity index (χ0v) is 15.1. The van der Waals surface area contributed by atoms with Gasteiger partial charge in [-0.15, -0.1) is 0 Å². The Balaban J connectivity index is 1.62. The lowest BCUT2D eigenvalue weighted by Crippen LogP contribution is -2.26. The minimum atomic E-state index is -0.324. The molecule has 6 nitrogen and oxygen atoms in total. The lowest BCUT2D eigenvalue weighted by Gasteiger charge is -2.11. The van der Waals surface area contributed by atoms with Crippen LogP contribution in [-0.2, 0) is 0 Å². The lowest BCUT2D eigenvalue weighted by atomic mass is 10.0. The maximum absolute atomic E-state index is 13.2. The second kappa shape index (κ2) is 7.44. The molecular weight excluding hydrogens is 347 g/mol. The van der Waals surface area contributed by atoms with Gasteiger partial charge in [-0.1, -0.05) is 5.16 Å². The highest BCUT2D eigenvalue weighted by Crippen LogP contribution is 2.27. The standard InChI is InChI=1S/C20H21FN4O2/c1-12-18-16(19(26)23-9-7-13-6-8-22-11-13)10-17(24-20(18)27-25-12)14-2-4-15(21)5-3-14/h2-5,10,13,22H,6-9,11H2,1H3,(H,23,26). The Labute approximate surface area is 156 Å². The molecule has 1 saturated heterocycles. The van der Waals surface area contributed by atoms with E-state index in [0.29, 0.717) is 46.1 Å². The third-order valence-corrected chi connectivity index (χ3v) is 5.00. The summed E-state index contributed by atoms with van der Waals surface area (Å²) in [6, 6.07) is 7.69. The van der Waals surface area contributed by atoms with Crippen LogP contribution in [-0.4, -0.2) is 35.7 Å². The summed E-state index contributed by atoms with van der Waals surface area (Å²) in [5.74, 6) is 0.104.